The average Bonchev–Trinajstić information content (AvgIpc) is 2.99. The Kier molecular flexibility index (Phi) is 3.50. The number of hydrogen-bond acceptors (Lipinski definition) is 4. The predicted octanol–water partition coefficient (Wildman–Crippen LogP) is 3.52. The molecule has 0 unspecified atom stereocenters. The van der Waals surface area contributed by atoms with E-state index in [2.05, 4.69) is 9.97 Å². The number of benzene rings is 2. The van der Waals surface area contributed by atoms with Crippen LogP contribution in [0.2, 0.25) is 0 Å². The van der Waals surface area contributed by atoms with Gasteiger partial charge in [0.1, 0.15) is 23.2 Å². The molecule has 0 atom stereocenters. The van der Waals surface area contributed by atoms with E-state index < -0.39 is 0 Å². The van der Waals surface area contributed by atoms with Crippen LogP contribution in [-0.2, 0) is 0 Å². The molecule has 3 rings (SSSR count). The van der Waals surface area contributed by atoms with Crippen molar-refractivity contribution in [3.05, 3.63) is 59.9 Å². The molecule has 1 aromatic heterocycles. The number of hydrogen-bond donors (Lipinski definition) is 2. The Morgan fingerprint density at radius 1 is 1.18 bits per heavy atom. The van der Waals surface area contributed by atoms with E-state index in [-0.39, 0.29) is 11.3 Å². The van der Waals surface area contributed by atoms with Crippen molar-refractivity contribution in [3.63, 3.8) is 0 Å². The van der Waals surface area contributed by atoms with Gasteiger partial charge in [-0.05, 0) is 36.4 Å². The van der Waals surface area contributed by atoms with E-state index in [9.17, 15) is 10.4 Å². The van der Waals surface area contributed by atoms with Crippen LogP contribution in [-0.4, -0.2) is 22.2 Å². The van der Waals surface area contributed by atoms with E-state index in [0.29, 0.717) is 17.1 Å². The molecule has 0 fully saturated rings. The molecule has 0 aliphatic rings. The molecular formula is C17H13N3O2. The number of nitrogens with one attached hydrogen (secondary N) is 1. The lowest BCUT2D eigenvalue weighted by Gasteiger charge is -2.04. The molecule has 22 heavy (non-hydrogen) atoms. The van der Waals surface area contributed by atoms with Gasteiger partial charge in [-0.25, -0.2) is 4.98 Å². The SMILES string of the molecule is COc1ccc(/C(O)=C(\C#N)c2nc3ccccc3[nH]2)cc1. The maximum absolute atomic E-state index is 10.4. The van der Waals surface area contributed by atoms with Gasteiger partial charge in [0.2, 0.25) is 0 Å². The summed E-state index contributed by atoms with van der Waals surface area (Å²) in [5, 5.41) is 19.8. The molecule has 1 heterocycles. The van der Waals surface area contributed by atoms with Gasteiger partial charge in [-0.3, -0.25) is 0 Å². The topological polar surface area (TPSA) is 81.9 Å². The molecule has 0 saturated carbocycles. The van der Waals surface area contributed by atoms with Crippen molar-refractivity contribution in [3.8, 4) is 11.8 Å². The molecule has 3 aromatic rings. The first-order chi connectivity index (χ1) is 10.7. The number of imidazole rings is 1. The molecule has 0 saturated heterocycles. The van der Waals surface area contributed by atoms with Crippen LogP contribution in [0.4, 0.5) is 0 Å². The summed E-state index contributed by atoms with van der Waals surface area (Å²) < 4.78 is 5.08. The highest BCUT2D eigenvalue weighted by Crippen LogP contribution is 2.25. The third-order valence-electron chi connectivity index (χ3n) is 3.34. The van der Waals surface area contributed by atoms with Crippen molar-refractivity contribution >= 4 is 22.4 Å². The van der Waals surface area contributed by atoms with Gasteiger partial charge in [0.15, 0.2) is 5.82 Å². The first kappa shape index (κ1) is 13.7. The van der Waals surface area contributed by atoms with Crippen LogP contribution >= 0.6 is 0 Å². The number of rotatable bonds is 3. The highest BCUT2D eigenvalue weighted by molar-refractivity contribution is 5.94. The zero-order valence-corrected chi connectivity index (χ0v) is 11.9. The fraction of sp³-hybridized carbons (Fsp3) is 0.0588. The van der Waals surface area contributed by atoms with Gasteiger partial charge in [0.25, 0.3) is 0 Å². The standard InChI is InChI=1S/C17H13N3O2/c1-22-12-8-6-11(7-9-12)16(21)13(10-18)17-19-14-4-2-3-5-15(14)20-17/h2-9,21H,1H3,(H,19,20)/b16-13-. The molecule has 0 amide bonds. The first-order valence-electron chi connectivity index (χ1n) is 6.66. The lowest BCUT2D eigenvalue weighted by atomic mass is 10.1. The van der Waals surface area contributed by atoms with Crippen LogP contribution < -0.4 is 4.74 Å². The minimum Gasteiger partial charge on any atom is -0.506 e. The smallest absolute Gasteiger partial charge is 0.153 e. The third-order valence-corrected chi connectivity index (χ3v) is 3.34. The van der Waals surface area contributed by atoms with Crippen LogP contribution in [0.5, 0.6) is 5.75 Å². The second-order valence-electron chi connectivity index (χ2n) is 4.67. The molecule has 5 nitrogen and oxygen atoms in total. The Balaban J connectivity index is 2.09. The maximum Gasteiger partial charge on any atom is 0.153 e. The van der Waals surface area contributed by atoms with Crippen molar-refractivity contribution in [1.29, 1.82) is 5.26 Å². The van der Waals surface area contributed by atoms with Crippen molar-refractivity contribution in [2.24, 2.45) is 0 Å². The van der Waals surface area contributed by atoms with E-state index in [4.69, 9.17) is 4.74 Å². The van der Waals surface area contributed by atoms with Crippen LogP contribution in [0, 0.1) is 11.3 Å². The molecule has 0 aliphatic heterocycles. The highest BCUT2D eigenvalue weighted by atomic mass is 16.5. The summed E-state index contributed by atoms with van der Waals surface area (Å²) in [6, 6.07) is 16.3. The van der Waals surface area contributed by atoms with Crippen molar-refractivity contribution in [1.82, 2.24) is 9.97 Å². The van der Waals surface area contributed by atoms with Gasteiger partial charge in [-0.15, -0.1) is 0 Å². The molecular weight excluding hydrogens is 278 g/mol. The monoisotopic (exact) mass is 291 g/mol. The van der Waals surface area contributed by atoms with Gasteiger partial charge in [0, 0.05) is 5.56 Å². The Hall–Kier alpha value is -3.26. The van der Waals surface area contributed by atoms with E-state index in [0.717, 1.165) is 11.0 Å². The van der Waals surface area contributed by atoms with Gasteiger partial charge < -0.3 is 14.8 Å². The molecule has 2 N–H and O–H groups in total. The molecule has 108 valence electrons. The summed E-state index contributed by atoms with van der Waals surface area (Å²) in [5.41, 5.74) is 2.18. The summed E-state index contributed by atoms with van der Waals surface area (Å²) in [6.07, 6.45) is 0. The second-order valence-corrected chi connectivity index (χ2v) is 4.67. The number of aromatic nitrogens is 2. The van der Waals surface area contributed by atoms with Crippen molar-refractivity contribution in [2.75, 3.05) is 7.11 Å². The summed E-state index contributed by atoms with van der Waals surface area (Å²) in [7, 11) is 1.57. The van der Waals surface area contributed by atoms with Gasteiger partial charge in [-0.2, -0.15) is 5.26 Å². The Labute approximate surface area is 127 Å². The second kappa shape index (κ2) is 5.62. The molecule has 0 radical (unpaired) electrons. The lowest BCUT2D eigenvalue weighted by molar-refractivity contribution is 0.414. The largest absolute Gasteiger partial charge is 0.506 e. The van der Waals surface area contributed by atoms with Crippen molar-refractivity contribution in [2.45, 2.75) is 0 Å². The Bertz CT molecular complexity index is 853. The number of nitriles is 1. The number of aliphatic hydroxyl groups excluding tert-OH is 1. The van der Waals surface area contributed by atoms with E-state index in [1.165, 1.54) is 0 Å². The zero-order valence-electron chi connectivity index (χ0n) is 11.9. The molecule has 5 heteroatoms. The quantitative estimate of drug-likeness (QED) is 0.571. The number of fused-ring (bicyclic) bond motifs is 1. The van der Waals surface area contributed by atoms with Gasteiger partial charge in [0.05, 0.1) is 18.1 Å². The number of H-pyrrole nitrogens is 1. The molecule has 0 bridgehead atoms. The number of aliphatic hydroxyl groups is 1. The zero-order chi connectivity index (χ0) is 15.5. The molecule has 0 spiro atoms. The molecule has 2 aromatic carbocycles. The van der Waals surface area contributed by atoms with Gasteiger partial charge >= 0.3 is 0 Å². The first-order valence-corrected chi connectivity index (χ1v) is 6.66. The summed E-state index contributed by atoms with van der Waals surface area (Å²) in [5.74, 6) is 0.903. The van der Waals surface area contributed by atoms with Crippen LogP contribution in [0.1, 0.15) is 11.4 Å². The minimum absolute atomic E-state index is 0.0985. The number of methoxy groups -OCH3 is 1. The molecule has 0 aliphatic carbocycles. The lowest BCUT2D eigenvalue weighted by Crippen LogP contribution is -1.92. The number of allylic oxidation sites excluding steroid dienone is 1. The van der Waals surface area contributed by atoms with Crippen LogP contribution in [0.25, 0.3) is 22.4 Å². The average molecular weight is 291 g/mol. The van der Waals surface area contributed by atoms with Gasteiger partial charge in [-0.1, -0.05) is 12.1 Å². The summed E-state index contributed by atoms with van der Waals surface area (Å²) in [4.78, 5) is 7.39. The van der Waals surface area contributed by atoms with Crippen molar-refractivity contribution < 1.29 is 9.84 Å². The number of aromatic amines is 1. The number of ether oxygens (including phenoxy) is 1. The number of para-hydroxylation sites is 2. The highest BCUT2D eigenvalue weighted by Gasteiger charge is 2.14. The van der Waals surface area contributed by atoms with Crippen LogP contribution in [0.3, 0.4) is 0 Å². The fourth-order valence-electron chi connectivity index (χ4n) is 2.18. The predicted molar refractivity (Wildman–Crippen MR) is 84.1 cm³/mol. The minimum atomic E-state index is -0.121. The van der Waals surface area contributed by atoms with Crippen LogP contribution in [0.15, 0.2) is 48.5 Å². The maximum atomic E-state index is 10.4. The Morgan fingerprint density at radius 3 is 2.55 bits per heavy atom. The summed E-state index contributed by atoms with van der Waals surface area (Å²) in [6.45, 7) is 0. The number of nitrogens with zero attached hydrogens (tertiary/aromatic N) is 2. The van der Waals surface area contributed by atoms with E-state index in [1.807, 2.05) is 30.3 Å². The van der Waals surface area contributed by atoms with E-state index in [1.54, 1.807) is 31.4 Å². The normalized spacial score (nSPS) is 11.8. The fourth-order valence-corrected chi connectivity index (χ4v) is 2.18. The summed E-state index contributed by atoms with van der Waals surface area (Å²) >= 11 is 0. The third kappa shape index (κ3) is 2.38. The Morgan fingerprint density at radius 2 is 1.91 bits per heavy atom. The van der Waals surface area contributed by atoms with E-state index >= 15 is 0 Å².